The van der Waals surface area contributed by atoms with Gasteiger partial charge in [0.05, 0.1) is 11.5 Å². The zero-order valence-electron chi connectivity index (χ0n) is 13.3. The van der Waals surface area contributed by atoms with Crippen LogP contribution in [0.3, 0.4) is 0 Å². The lowest BCUT2D eigenvalue weighted by Gasteiger charge is -2.16. The summed E-state index contributed by atoms with van der Waals surface area (Å²) in [5, 5.41) is 16.6. The number of amides is 1. The summed E-state index contributed by atoms with van der Waals surface area (Å²) >= 11 is 1.55. The van der Waals surface area contributed by atoms with Crippen LogP contribution in [0, 0.1) is 0 Å². The van der Waals surface area contributed by atoms with Crippen molar-refractivity contribution in [3.8, 4) is 0 Å². The van der Waals surface area contributed by atoms with Crippen molar-refractivity contribution in [3.05, 3.63) is 34.7 Å². The Bertz CT molecular complexity index is 660. The quantitative estimate of drug-likeness (QED) is 0.789. The van der Waals surface area contributed by atoms with Crippen LogP contribution >= 0.6 is 11.3 Å². The molecule has 3 N–H and O–H groups in total. The molecule has 0 spiro atoms. The van der Waals surface area contributed by atoms with Crippen molar-refractivity contribution in [2.75, 3.05) is 19.7 Å². The summed E-state index contributed by atoms with van der Waals surface area (Å²) in [6.45, 7) is 1.34. The van der Waals surface area contributed by atoms with Crippen molar-refractivity contribution in [1.29, 1.82) is 0 Å². The fraction of sp³-hybridized carbons (Fsp3) is 0.500. The van der Waals surface area contributed by atoms with Crippen molar-refractivity contribution in [2.45, 2.75) is 38.1 Å². The van der Waals surface area contributed by atoms with Gasteiger partial charge in [-0.05, 0) is 42.8 Å². The average Bonchev–Trinajstić information content (AvgIpc) is 2.75. The van der Waals surface area contributed by atoms with Crippen LogP contribution in [-0.2, 0) is 6.42 Å². The number of nitrogens with one attached hydrogen (secondary N) is 2. The van der Waals surface area contributed by atoms with Crippen LogP contribution in [0.25, 0.3) is 10.1 Å². The van der Waals surface area contributed by atoms with Gasteiger partial charge in [0, 0.05) is 17.3 Å². The van der Waals surface area contributed by atoms with E-state index >= 15 is 0 Å². The zero-order valence-corrected chi connectivity index (χ0v) is 14.1. The first-order valence-electron chi connectivity index (χ1n) is 8.42. The summed E-state index contributed by atoms with van der Waals surface area (Å²) in [7, 11) is 0. The molecular weight excluding hydrogens is 308 g/mol. The van der Waals surface area contributed by atoms with E-state index < -0.39 is 0 Å². The zero-order chi connectivity index (χ0) is 16.1. The van der Waals surface area contributed by atoms with E-state index in [0.29, 0.717) is 12.6 Å². The Balaban J connectivity index is 1.90. The molecule has 1 fully saturated rings. The normalized spacial score (nSPS) is 18.7. The standard InChI is InChI=1S/C18H24N2O2S/c21-11-10-20-18(22)17-15(12-13-6-2-1-5-9-19-13)14-7-3-4-8-16(14)23-17/h3-4,7-8,13,19,21H,1-2,5-6,9-12H2,(H,20,22). The van der Waals surface area contributed by atoms with Crippen LogP contribution in [0.2, 0.25) is 0 Å². The van der Waals surface area contributed by atoms with Gasteiger partial charge in [0.25, 0.3) is 5.91 Å². The molecule has 1 aromatic heterocycles. The molecule has 1 aliphatic heterocycles. The van der Waals surface area contributed by atoms with Gasteiger partial charge in [-0.3, -0.25) is 4.79 Å². The van der Waals surface area contributed by atoms with E-state index in [0.717, 1.165) is 28.1 Å². The Hall–Kier alpha value is -1.43. The predicted octanol–water partition coefficient (Wildman–Crippen LogP) is 2.70. The van der Waals surface area contributed by atoms with Gasteiger partial charge in [-0.1, -0.05) is 31.0 Å². The average molecular weight is 332 g/mol. The second-order valence-corrected chi connectivity index (χ2v) is 7.14. The maximum absolute atomic E-state index is 12.5. The lowest BCUT2D eigenvalue weighted by molar-refractivity contribution is 0.0948. The van der Waals surface area contributed by atoms with E-state index in [1.807, 2.05) is 12.1 Å². The number of hydrogen-bond donors (Lipinski definition) is 3. The number of fused-ring (bicyclic) bond motifs is 1. The van der Waals surface area contributed by atoms with Gasteiger partial charge < -0.3 is 15.7 Å². The molecule has 4 nitrogen and oxygen atoms in total. The number of aliphatic hydroxyl groups is 1. The molecule has 1 unspecified atom stereocenters. The highest BCUT2D eigenvalue weighted by Gasteiger charge is 2.21. The largest absolute Gasteiger partial charge is 0.395 e. The topological polar surface area (TPSA) is 61.4 Å². The molecule has 0 saturated carbocycles. The Morgan fingerprint density at radius 2 is 2.17 bits per heavy atom. The number of carbonyl (C=O) groups is 1. The van der Waals surface area contributed by atoms with Crippen molar-refractivity contribution >= 4 is 27.3 Å². The van der Waals surface area contributed by atoms with Crippen LogP contribution in [0.4, 0.5) is 0 Å². The SMILES string of the molecule is O=C(NCCO)c1sc2ccccc2c1CC1CCCCCN1. The molecule has 0 bridgehead atoms. The van der Waals surface area contributed by atoms with Crippen LogP contribution in [0.1, 0.15) is 40.9 Å². The molecule has 1 atom stereocenters. The van der Waals surface area contributed by atoms with Crippen LogP contribution in [0.5, 0.6) is 0 Å². The third-order valence-corrected chi connectivity index (χ3v) is 5.63. The van der Waals surface area contributed by atoms with E-state index in [1.54, 1.807) is 11.3 Å². The van der Waals surface area contributed by atoms with Gasteiger partial charge in [-0.15, -0.1) is 11.3 Å². The van der Waals surface area contributed by atoms with E-state index in [-0.39, 0.29) is 12.5 Å². The number of rotatable bonds is 5. The van der Waals surface area contributed by atoms with Gasteiger partial charge in [0.15, 0.2) is 0 Å². The molecule has 5 heteroatoms. The smallest absolute Gasteiger partial charge is 0.261 e. The Morgan fingerprint density at radius 3 is 3.04 bits per heavy atom. The third kappa shape index (κ3) is 3.91. The third-order valence-electron chi connectivity index (χ3n) is 4.41. The fourth-order valence-corrected chi connectivity index (χ4v) is 4.41. The summed E-state index contributed by atoms with van der Waals surface area (Å²) in [4.78, 5) is 13.3. The van der Waals surface area contributed by atoms with Gasteiger partial charge in [0.1, 0.15) is 0 Å². The van der Waals surface area contributed by atoms with Crippen molar-refractivity contribution < 1.29 is 9.90 Å². The number of hydrogen-bond acceptors (Lipinski definition) is 4. The molecule has 2 heterocycles. The number of benzene rings is 1. The first-order chi connectivity index (χ1) is 11.3. The Kier molecular flexibility index (Phi) is 5.65. The van der Waals surface area contributed by atoms with Gasteiger partial charge in [-0.2, -0.15) is 0 Å². The van der Waals surface area contributed by atoms with Crippen molar-refractivity contribution in [1.82, 2.24) is 10.6 Å². The first-order valence-corrected chi connectivity index (χ1v) is 9.24. The number of aliphatic hydroxyl groups excluding tert-OH is 1. The van der Waals surface area contributed by atoms with E-state index in [9.17, 15) is 4.79 Å². The maximum Gasteiger partial charge on any atom is 0.261 e. The fourth-order valence-electron chi connectivity index (χ4n) is 3.26. The van der Waals surface area contributed by atoms with Gasteiger partial charge in [-0.25, -0.2) is 0 Å². The lowest BCUT2D eigenvalue weighted by Crippen LogP contribution is -2.31. The van der Waals surface area contributed by atoms with E-state index in [2.05, 4.69) is 22.8 Å². The lowest BCUT2D eigenvalue weighted by atomic mass is 9.99. The minimum atomic E-state index is -0.0659. The number of carbonyl (C=O) groups excluding carboxylic acids is 1. The summed E-state index contributed by atoms with van der Waals surface area (Å²) in [6, 6.07) is 8.68. The molecule has 1 saturated heterocycles. The molecule has 23 heavy (non-hydrogen) atoms. The molecule has 1 aliphatic rings. The second kappa shape index (κ2) is 7.90. The minimum Gasteiger partial charge on any atom is -0.395 e. The Labute approximate surface area is 140 Å². The molecule has 1 aromatic carbocycles. The Morgan fingerprint density at radius 1 is 1.30 bits per heavy atom. The highest BCUT2D eigenvalue weighted by atomic mass is 32.1. The molecule has 1 amide bonds. The van der Waals surface area contributed by atoms with E-state index in [1.165, 1.54) is 31.1 Å². The molecule has 0 radical (unpaired) electrons. The van der Waals surface area contributed by atoms with Crippen LogP contribution in [0.15, 0.2) is 24.3 Å². The summed E-state index contributed by atoms with van der Waals surface area (Å²) in [6.07, 6.45) is 5.85. The number of thiophene rings is 1. The molecule has 124 valence electrons. The second-order valence-electron chi connectivity index (χ2n) is 6.09. The monoisotopic (exact) mass is 332 g/mol. The highest BCUT2D eigenvalue weighted by molar-refractivity contribution is 7.21. The summed E-state index contributed by atoms with van der Waals surface area (Å²) in [5.74, 6) is -0.0659. The molecular formula is C18H24N2O2S. The summed E-state index contributed by atoms with van der Waals surface area (Å²) in [5.41, 5.74) is 1.15. The first kappa shape index (κ1) is 16.4. The molecule has 0 aliphatic carbocycles. The van der Waals surface area contributed by atoms with Gasteiger partial charge >= 0.3 is 0 Å². The van der Waals surface area contributed by atoms with E-state index in [4.69, 9.17) is 5.11 Å². The highest BCUT2D eigenvalue weighted by Crippen LogP contribution is 2.33. The maximum atomic E-state index is 12.5. The van der Waals surface area contributed by atoms with Gasteiger partial charge in [0.2, 0.25) is 0 Å². The predicted molar refractivity (Wildman–Crippen MR) is 95.2 cm³/mol. The van der Waals surface area contributed by atoms with Crippen LogP contribution < -0.4 is 10.6 Å². The summed E-state index contributed by atoms with van der Waals surface area (Å²) < 4.78 is 1.16. The molecule has 3 rings (SSSR count). The van der Waals surface area contributed by atoms with Crippen LogP contribution in [-0.4, -0.2) is 36.8 Å². The minimum absolute atomic E-state index is 0.0316. The van der Waals surface area contributed by atoms with Crippen molar-refractivity contribution in [2.24, 2.45) is 0 Å². The van der Waals surface area contributed by atoms with Crippen molar-refractivity contribution in [3.63, 3.8) is 0 Å². The molecule has 2 aromatic rings.